The number of hydrogen-bond acceptors (Lipinski definition) is 5. The maximum absolute atomic E-state index is 12.8. The number of thiazole rings is 1. The molecule has 1 aliphatic rings. The van der Waals surface area contributed by atoms with Crippen molar-refractivity contribution in [1.29, 1.82) is 0 Å². The molecule has 1 fully saturated rings. The zero-order valence-electron chi connectivity index (χ0n) is 8.66. The lowest BCUT2D eigenvalue weighted by atomic mass is 10.2. The van der Waals surface area contributed by atoms with Gasteiger partial charge in [0.1, 0.15) is 6.10 Å². The van der Waals surface area contributed by atoms with Gasteiger partial charge >= 0.3 is 16.8 Å². The fraction of sp³-hybridized carbons (Fsp3) is 0.556. The largest absolute Gasteiger partial charge is 0.456 e. The predicted molar refractivity (Wildman–Crippen MR) is 56.1 cm³/mol. The van der Waals surface area contributed by atoms with Gasteiger partial charge in [0.05, 0.1) is 6.42 Å². The van der Waals surface area contributed by atoms with Crippen molar-refractivity contribution in [1.82, 2.24) is 10.3 Å². The van der Waals surface area contributed by atoms with E-state index in [1.807, 2.05) is 0 Å². The minimum absolute atomic E-state index is 0.138. The van der Waals surface area contributed by atoms with Gasteiger partial charge in [-0.25, -0.2) is 4.79 Å². The van der Waals surface area contributed by atoms with Crippen LogP contribution in [0, 0.1) is 0 Å². The highest BCUT2D eigenvalue weighted by Gasteiger charge is 2.50. The van der Waals surface area contributed by atoms with Crippen LogP contribution in [0.15, 0.2) is 10.2 Å². The fourth-order valence-electron chi connectivity index (χ4n) is 1.53. The van der Waals surface area contributed by atoms with Gasteiger partial charge < -0.3 is 15.0 Å². The van der Waals surface area contributed by atoms with Gasteiger partial charge in [-0.1, -0.05) is 11.3 Å². The molecular weight excluding hydrogens is 254 g/mol. The van der Waals surface area contributed by atoms with E-state index in [0.717, 1.165) is 11.3 Å². The quantitative estimate of drug-likeness (QED) is 0.776. The zero-order chi connectivity index (χ0) is 12.5. The first-order valence-corrected chi connectivity index (χ1v) is 5.81. The van der Waals surface area contributed by atoms with Crippen molar-refractivity contribution in [2.45, 2.75) is 25.0 Å². The summed E-state index contributed by atoms with van der Waals surface area (Å²) in [6.45, 7) is 0.484. The molecule has 1 atom stereocenters. The molecule has 0 radical (unpaired) electrons. The second-order valence-electron chi connectivity index (χ2n) is 3.74. The molecule has 1 aliphatic heterocycles. The fourth-order valence-corrected chi connectivity index (χ4v) is 2.11. The van der Waals surface area contributed by atoms with Crippen molar-refractivity contribution in [2.24, 2.45) is 0 Å². The molecule has 2 N–H and O–H groups in total. The molecule has 0 aliphatic carbocycles. The average Bonchev–Trinajstić information content (AvgIpc) is 2.73. The van der Waals surface area contributed by atoms with Crippen LogP contribution in [0.25, 0.3) is 0 Å². The topological polar surface area (TPSA) is 71.2 Å². The molecule has 0 saturated carbocycles. The molecule has 17 heavy (non-hydrogen) atoms. The highest BCUT2D eigenvalue weighted by Crippen LogP contribution is 2.30. The first-order chi connectivity index (χ1) is 7.97. The number of hydrogen-bond donors (Lipinski definition) is 2. The highest BCUT2D eigenvalue weighted by atomic mass is 32.1. The molecule has 1 saturated heterocycles. The van der Waals surface area contributed by atoms with Crippen LogP contribution < -0.4 is 10.2 Å². The summed E-state index contributed by atoms with van der Waals surface area (Å²) in [4.78, 5) is 23.9. The Labute approximate surface area is 98.8 Å². The number of nitrogens with one attached hydrogen (secondary N) is 2. The molecular formula is C9H10F2N2O3S. The van der Waals surface area contributed by atoms with Gasteiger partial charge in [-0.05, 0) is 0 Å². The third kappa shape index (κ3) is 2.89. The number of ether oxygens (including phenoxy) is 1. The van der Waals surface area contributed by atoms with Crippen LogP contribution in [-0.2, 0) is 16.1 Å². The number of rotatable bonds is 4. The minimum atomic E-state index is -3.37. The second-order valence-corrected chi connectivity index (χ2v) is 4.58. The van der Waals surface area contributed by atoms with Crippen LogP contribution >= 0.6 is 11.3 Å². The van der Waals surface area contributed by atoms with Gasteiger partial charge in [-0.2, -0.15) is 8.78 Å². The first kappa shape index (κ1) is 12.2. The van der Waals surface area contributed by atoms with Gasteiger partial charge in [-0.15, -0.1) is 0 Å². The van der Waals surface area contributed by atoms with Gasteiger partial charge in [-0.3, -0.25) is 4.79 Å². The number of aromatic nitrogens is 1. The Morgan fingerprint density at radius 3 is 2.88 bits per heavy atom. The van der Waals surface area contributed by atoms with Gasteiger partial charge in [0, 0.05) is 24.2 Å². The summed E-state index contributed by atoms with van der Waals surface area (Å²) >= 11 is 1.03. The Bertz CT molecular complexity index is 471. The molecule has 1 aromatic heterocycles. The SMILES string of the molecule is O=C1OC(CNCc2csc(=O)[nH]2)CC1(F)F. The Morgan fingerprint density at radius 1 is 1.59 bits per heavy atom. The summed E-state index contributed by atoms with van der Waals surface area (Å²) < 4.78 is 30.1. The summed E-state index contributed by atoms with van der Waals surface area (Å²) in [5, 5.41) is 4.48. The molecule has 2 rings (SSSR count). The van der Waals surface area contributed by atoms with Crippen LogP contribution in [0.1, 0.15) is 12.1 Å². The van der Waals surface area contributed by atoms with E-state index in [-0.39, 0.29) is 11.4 Å². The number of carbonyl (C=O) groups is 1. The Morgan fingerprint density at radius 2 is 2.35 bits per heavy atom. The number of alkyl halides is 2. The number of carbonyl (C=O) groups excluding carboxylic acids is 1. The van der Waals surface area contributed by atoms with Gasteiger partial charge in [0.2, 0.25) is 0 Å². The lowest BCUT2D eigenvalue weighted by Crippen LogP contribution is -2.27. The van der Waals surface area contributed by atoms with E-state index in [9.17, 15) is 18.4 Å². The third-order valence-corrected chi connectivity index (χ3v) is 3.03. The van der Waals surface area contributed by atoms with Crippen LogP contribution in [0.2, 0.25) is 0 Å². The van der Waals surface area contributed by atoms with Crippen LogP contribution in [-0.4, -0.2) is 29.5 Å². The van der Waals surface area contributed by atoms with E-state index >= 15 is 0 Å². The van der Waals surface area contributed by atoms with E-state index in [1.165, 1.54) is 0 Å². The number of esters is 1. The number of aromatic amines is 1. The number of cyclic esters (lactones) is 1. The lowest BCUT2D eigenvalue weighted by Gasteiger charge is -2.08. The summed E-state index contributed by atoms with van der Waals surface area (Å²) in [6, 6.07) is 0. The molecule has 2 heterocycles. The maximum atomic E-state index is 12.8. The highest BCUT2D eigenvalue weighted by molar-refractivity contribution is 7.07. The second kappa shape index (κ2) is 4.53. The molecule has 0 amide bonds. The van der Waals surface area contributed by atoms with Crippen molar-refractivity contribution in [3.63, 3.8) is 0 Å². The van der Waals surface area contributed by atoms with Crippen molar-refractivity contribution >= 4 is 17.3 Å². The van der Waals surface area contributed by atoms with Crippen molar-refractivity contribution < 1.29 is 18.3 Å². The number of halogens is 2. The summed E-state index contributed by atoms with van der Waals surface area (Å²) in [5.74, 6) is -4.84. The first-order valence-electron chi connectivity index (χ1n) is 4.94. The van der Waals surface area contributed by atoms with E-state index in [0.29, 0.717) is 12.2 Å². The Balaban J connectivity index is 1.77. The minimum Gasteiger partial charge on any atom is -0.456 e. The Kier molecular flexibility index (Phi) is 3.25. The number of H-pyrrole nitrogens is 1. The predicted octanol–water partition coefficient (Wildman–Crippen LogP) is 0.477. The van der Waals surface area contributed by atoms with Crippen molar-refractivity contribution in [3.8, 4) is 0 Å². The normalized spacial score (nSPS) is 22.7. The summed E-state index contributed by atoms with van der Waals surface area (Å²) in [5.41, 5.74) is 0.677. The van der Waals surface area contributed by atoms with Crippen molar-refractivity contribution in [3.05, 3.63) is 20.7 Å². The van der Waals surface area contributed by atoms with Crippen LogP contribution in [0.4, 0.5) is 8.78 Å². The van der Waals surface area contributed by atoms with Gasteiger partial charge in [0.15, 0.2) is 0 Å². The molecule has 0 aromatic carbocycles. The lowest BCUT2D eigenvalue weighted by molar-refractivity contribution is -0.159. The molecule has 5 nitrogen and oxygen atoms in total. The Hall–Kier alpha value is -1.28. The van der Waals surface area contributed by atoms with E-state index in [4.69, 9.17) is 0 Å². The van der Waals surface area contributed by atoms with Gasteiger partial charge in [0.25, 0.3) is 0 Å². The molecule has 8 heteroatoms. The van der Waals surface area contributed by atoms with Crippen LogP contribution in [0.5, 0.6) is 0 Å². The molecule has 0 spiro atoms. The van der Waals surface area contributed by atoms with Crippen molar-refractivity contribution in [2.75, 3.05) is 6.54 Å². The smallest absolute Gasteiger partial charge is 0.377 e. The van der Waals surface area contributed by atoms with E-state index < -0.39 is 24.4 Å². The van der Waals surface area contributed by atoms with E-state index in [1.54, 1.807) is 5.38 Å². The monoisotopic (exact) mass is 264 g/mol. The van der Waals surface area contributed by atoms with Crippen LogP contribution in [0.3, 0.4) is 0 Å². The molecule has 94 valence electrons. The zero-order valence-corrected chi connectivity index (χ0v) is 9.48. The summed E-state index contributed by atoms with van der Waals surface area (Å²) in [6.07, 6.45) is -1.42. The van der Waals surface area contributed by atoms with E-state index in [2.05, 4.69) is 15.0 Å². The molecule has 1 unspecified atom stereocenters. The standard InChI is InChI=1S/C9H10F2N2O3S/c10-9(11)1-6(16-7(9)14)3-12-2-5-4-17-8(15)13-5/h4,6,12H,1-3H2,(H,13,15). The third-order valence-electron chi connectivity index (χ3n) is 2.31. The maximum Gasteiger partial charge on any atom is 0.377 e. The average molecular weight is 264 g/mol. The molecule has 1 aromatic rings. The molecule has 0 bridgehead atoms. The summed E-state index contributed by atoms with van der Waals surface area (Å²) in [7, 11) is 0.